The second-order valence-corrected chi connectivity index (χ2v) is 3.91. The van der Waals surface area contributed by atoms with Gasteiger partial charge in [-0.05, 0) is 30.5 Å². The largest absolute Gasteiger partial charge is 0.478 e. The van der Waals surface area contributed by atoms with Crippen LogP contribution in [-0.4, -0.2) is 21.0 Å². The molecule has 2 N–H and O–H groups in total. The predicted octanol–water partition coefficient (Wildman–Crippen LogP) is 1.25. The molecule has 0 saturated carbocycles. The minimum absolute atomic E-state index is 0.132. The number of carboxylic acid groups (broad SMARTS) is 1. The van der Waals surface area contributed by atoms with Crippen molar-refractivity contribution in [3.05, 3.63) is 63.8 Å². The highest BCUT2D eigenvalue weighted by molar-refractivity contribution is 5.87. The maximum Gasteiger partial charge on any atom is 0.335 e. The van der Waals surface area contributed by atoms with Crippen molar-refractivity contribution in [3.8, 4) is 0 Å². The molecule has 0 amide bonds. The minimum atomic E-state index is -0.940. The van der Waals surface area contributed by atoms with Gasteiger partial charge in [0.05, 0.1) is 11.9 Å². The maximum absolute atomic E-state index is 11.4. The van der Waals surface area contributed by atoms with Crippen LogP contribution in [0.4, 0.5) is 0 Å². The summed E-state index contributed by atoms with van der Waals surface area (Å²) in [6.07, 6.45) is 4.15. The molecular formula is C13H12N2O3. The van der Waals surface area contributed by atoms with Gasteiger partial charge in [-0.2, -0.15) is 0 Å². The van der Waals surface area contributed by atoms with Crippen LogP contribution in [0.2, 0.25) is 0 Å². The first-order chi connectivity index (χ1) is 8.66. The smallest absolute Gasteiger partial charge is 0.335 e. The summed E-state index contributed by atoms with van der Waals surface area (Å²) in [5.41, 5.74) is 1.74. The Morgan fingerprint density at radius 3 is 2.56 bits per heavy atom. The molecule has 1 aromatic carbocycles. The molecule has 18 heavy (non-hydrogen) atoms. The number of carboxylic acids is 1. The molecule has 0 fully saturated rings. The molecule has 0 aliphatic heterocycles. The van der Waals surface area contributed by atoms with E-state index < -0.39 is 5.97 Å². The molecule has 1 aromatic heterocycles. The number of nitrogens with one attached hydrogen (secondary N) is 1. The highest BCUT2D eigenvalue weighted by Gasteiger charge is 2.03. The van der Waals surface area contributed by atoms with Crippen LogP contribution >= 0.6 is 0 Å². The average molecular weight is 244 g/mol. The van der Waals surface area contributed by atoms with Gasteiger partial charge in [-0.25, -0.2) is 9.78 Å². The van der Waals surface area contributed by atoms with Crippen molar-refractivity contribution in [3.63, 3.8) is 0 Å². The van der Waals surface area contributed by atoms with E-state index in [0.29, 0.717) is 18.4 Å². The number of aromatic amines is 1. The number of aromatic nitrogens is 2. The van der Waals surface area contributed by atoms with E-state index in [4.69, 9.17) is 5.11 Å². The summed E-state index contributed by atoms with van der Waals surface area (Å²) >= 11 is 0. The summed E-state index contributed by atoms with van der Waals surface area (Å²) in [7, 11) is 0. The number of aromatic carboxylic acids is 1. The third-order valence-corrected chi connectivity index (χ3v) is 2.68. The number of carbonyl (C=O) groups is 1. The van der Waals surface area contributed by atoms with Gasteiger partial charge < -0.3 is 10.1 Å². The van der Waals surface area contributed by atoms with Gasteiger partial charge >= 0.3 is 5.97 Å². The van der Waals surface area contributed by atoms with E-state index in [2.05, 4.69) is 9.97 Å². The van der Waals surface area contributed by atoms with E-state index in [-0.39, 0.29) is 11.1 Å². The summed E-state index contributed by atoms with van der Waals surface area (Å²) < 4.78 is 0. The van der Waals surface area contributed by atoms with Crippen molar-refractivity contribution < 1.29 is 9.90 Å². The summed E-state index contributed by atoms with van der Waals surface area (Å²) in [5.74, 6) is -0.940. The Bertz CT molecular complexity index is 602. The number of hydrogen-bond acceptors (Lipinski definition) is 3. The fourth-order valence-electron chi connectivity index (χ4n) is 1.65. The number of rotatable bonds is 4. The average Bonchev–Trinajstić information content (AvgIpc) is 2.38. The topological polar surface area (TPSA) is 83.0 Å². The van der Waals surface area contributed by atoms with Crippen LogP contribution in [0.15, 0.2) is 41.6 Å². The predicted molar refractivity (Wildman–Crippen MR) is 65.7 cm³/mol. The van der Waals surface area contributed by atoms with Crippen molar-refractivity contribution in [1.82, 2.24) is 9.97 Å². The lowest BCUT2D eigenvalue weighted by Gasteiger charge is -2.01. The fourth-order valence-corrected chi connectivity index (χ4v) is 1.65. The Morgan fingerprint density at radius 1 is 1.22 bits per heavy atom. The zero-order chi connectivity index (χ0) is 13.0. The van der Waals surface area contributed by atoms with Gasteiger partial charge in [0.25, 0.3) is 5.56 Å². The molecule has 92 valence electrons. The van der Waals surface area contributed by atoms with Gasteiger partial charge in [0, 0.05) is 11.8 Å². The van der Waals surface area contributed by atoms with Crippen LogP contribution in [0.3, 0.4) is 0 Å². The number of H-pyrrole nitrogens is 1. The minimum Gasteiger partial charge on any atom is -0.478 e. The zero-order valence-electron chi connectivity index (χ0n) is 9.59. The zero-order valence-corrected chi connectivity index (χ0v) is 9.59. The van der Waals surface area contributed by atoms with Crippen LogP contribution in [-0.2, 0) is 12.8 Å². The normalized spacial score (nSPS) is 10.2. The van der Waals surface area contributed by atoms with E-state index in [1.54, 1.807) is 30.5 Å². The molecule has 0 unspecified atom stereocenters. The second-order valence-electron chi connectivity index (χ2n) is 3.91. The Morgan fingerprint density at radius 2 is 1.94 bits per heavy atom. The van der Waals surface area contributed by atoms with Crippen molar-refractivity contribution in [2.45, 2.75) is 12.8 Å². The summed E-state index contributed by atoms with van der Waals surface area (Å²) in [6.45, 7) is 0. The highest BCUT2D eigenvalue weighted by atomic mass is 16.4. The van der Waals surface area contributed by atoms with E-state index >= 15 is 0 Å². The molecule has 2 aromatic rings. The van der Waals surface area contributed by atoms with E-state index in [0.717, 1.165) is 5.56 Å². The Balaban J connectivity index is 2.05. The molecule has 0 atom stereocenters. The van der Waals surface area contributed by atoms with E-state index in [9.17, 15) is 9.59 Å². The standard InChI is InChI=1S/C13H12N2O3/c16-12-11(7-14-8-15-12)6-3-9-1-4-10(5-2-9)13(17)18/h1-2,4-5,7-8H,3,6H2,(H,17,18)(H,14,15,16). The van der Waals surface area contributed by atoms with E-state index in [1.165, 1.54) is 6.33 Å². The van der Waals surface area contributed by atoms with Crippen LogP contribution in [0.1, 0.15) is 21.5 Å². The van der Waals surface area contributed by atoms with Gasteiger partial charge in [-0.15, -0.1) is 0 Å². The van der Waals surface area contributed by atoms with Crippen LogP contribution in [0.25, 0.3) is 0 Å². The van der Waals surface area contributed by atoms with Gasteiger partial charge in [0.15, 0.2) is 0 Å². The fraction of sp³-hybridized carbons (Fsp3) is 0.154. The molecule has 0 radical (unpaired) electrons. The monoisotopic (exact) mass is 244 g/mol. The maximum atomic E-state index is 11.4. The molecule has 0 saturated heterocycles. The lowest BCUT2D eigenvalue weighted by atomic mass is 10.0. The molecule has 0 spiro atoms. The molecular weight excluding hydrogens is 232 g/mol. The van der Waals surface area contributed by atoms with Crippen molar-refractivity contribution in [2.75, 3.05) is 0 Å². The lowest BCUT2D eigenvalue weighted by Crippen LogP contribution is -2.13. The third-order valence-electron chi connectivity index (χ3n) is 2.68. The molecule has 0 bridgehead atoms. The summed E-state index contributed by atoms with van der Waals surface area (Å²) in [6, 6.07) is 6.64. The Labute approximate surface area is 103 Å². The highest BCUT2D eigenvalue weighted by Crippen LogP contribution is 2.07. The first-order valence-corrected chi connectivity index (χ1v) is 5.50. The first kappa shape index (κ1) is 12.0. The summed E-state index contributed by atoms with van der Waals surface area (Å²) in [5, 5.41) is 8.77. The van der Waals surface area contributed by atoms with Crippen molar-refractivity contribution >= 4 is 5.97 Å². The summed E-state index contributed by atoms with van der Waals surface area (Å²) in [4.78, 5) is 28.5. The van der Waals surface area contributed by atoms with Crippen LogP contribution in [0, 0.1) is 0 Å². The first-order valence-electron chi connectivity index (χ1n) is 5.50. The van der Waals surface area contributed by atoms with Crippen LogP contribution in [0.5, 0.6) is 0 Å². The Kier molecular flexibility index (Phi) is 3.52. The third kappa shape index (κ3) is 2.82. The number of nitrogens with zero attached hydrogens (tertiary/aromatic N) is 1. The number of hydrogen-bond donors (Lipinski definition) is 2. The van der Waals surface area contributed by atoms with Gasteiger partial charge in [-0.1, -0.05) is 12.1 Å². The van der Waals surface area contributed by atoms with Crippen LogP contribution < -0.4 is 5.56 Å². The number of aryl methyl sites for hydroxylation is 2. The quantitative estimate of drug-likeness (QED) is 0.848. The van der Waals surface area contributed by atoms with Gasteiger partial charge in [0.2, 0.25) is 0 Å². The second kappa shape index (κ2) is 5.27. The molecule has 5 heteroatoms. The molecule has 1 heterocycles. The van der Waals surface area contributed by atoms with Crippen molar-refractivity contribution in [1.29, 1.82) is 0 Å². The number of benzene rings is 1. The molecule has 2 rings (SSSR count). The molecule has 0 aliphatic carbocycles. The van der Waals surface area contributed by atoms with E-state index in [1.807, 2.05) is 0 Å². The molecule has 0 aliphatic rings. The SMILES string of the molecule is O=C(O)c1ccc(CCc2cnc[nH]c2=O)cc1. The van der Waals surface area contributed by atoms with Gasteiger partial charge in [0.1, 0.15) is 0 Å². The van der Waals surface area contributed by atoms with Crippen molar-refractivity contribution in [2.24, 2.45) is 0 Å². The lowest BCUT2D eigenvalue weighted by molar-refractivity contribution is 0.0697. The molecule has 5 nitrogen and oxygen atoms in total. The Hall–Kier alpha value is -2.43. The van der Waals surface area contributed by atoms with Gasteiger partial charge in [-0.3, -0.25) is 4.79 Å².